The van der Waals surface area contributed by atoms with Crippen molar-refractivity contribution < 1.29 is 9.90 Å². The van der Waals surface area contributed by atoms with E-state index in [1.54, 1.807) is 6.20 Å². The van der Waals surface area contributed by atoms with Crippen LogP contribution >= 0.6 is 0 Å². The summed E-state index contributed by atoms with van der Waals surface area (Å²) in [6, 6.07) is 4.05. The number of carbonyl (C=O) groups is 1. The van der Waals surface area contributed by atoms with Crippen LogP contribution in [-0.4, -0.2) is 22.6 Å². The van der Waals surface area contributed by atoms with Gasteiger partial charge in [-0.2, -0.15) is 0 Å². The molecule has 1 amide bonds. The number of benzene rings is 1. The van der Waals surface area contributed by atoms with Gasteiger partial charge in [-0.1, -0.05) is 6.07 Å². The average molecular weight is 232 g/mol. The number of amides is 1. The molecule has 3 N–H and O–H groups in total. The number of nitrogens with one attached hydrogen (secondary N) is 2. The third kappa shape index (κ3) is 2.31. The third-order valence-electron chi connectivity index (χ3n) is 2.76. The molecule has 0 saturated carbocycles. The van der Waals surface area contributed by atoms with E-state index in [1.807, 2.05) is 19.1 Å². The van der Waals surface area contributed by atoms with Crippen LogP contribution in [0.5, 0.6) is 0 Å². The Balaban J connectivity index is 2.53. The number of aromatic nitrogens is 1. The van der Waals surface area contributed by atoms with E-state index in [1.165, 1.54) is 6.92 Å². The van der Waals surface area contributed by atoms with Crippen molar-refractivity contribution in [3.8, 4) is 0 Å². The highest BCUT2D eigenvalue weighted by molar-refractivity contribution is 6.02. The van der Waals surface area contributed by atoms with Gasteiger partial charge < -0.3 is 15.4 Å². The Labute approximate surface area is 99.7 Å². The first kappa shape index (κ1) is 11.7. The van der Waals surface area contributed by atoms with Crippen LogP contribution in [0.4, 0.5) is 5.69 Å². The van der Waals surface area contributed by atoms with Gasteiger partial charge in [-0.3, -0.25) is 4.79 Å². The Bertz CT molecular complexity index is 558. The number of aromatic amines is 1. The van der Waals surface area contributed by atoms with Crippen molar-refractivity contribution in [2.24, 2.45) is 0 Å². The zero-order valence-corrected chi connectivity index (χ0v) is 10.0. The molecule has 1 aromatic heterocycles. The second kappa shape index (κ2) is 4.59. The van der Waals surface area contributed by atoms with Gasteiger partial charge in [-0.05, 0) is 30.5 Å². The Morgan fingerprint density at radius 3 is 2.88 bits per heavy atom. The molecule has 4 nitrogen and oxygen atoms in total. The molecule has 4 heteroatoms. The predicted octanol–water partition coefficient (Wildman–Crippen LogP) is 1.97. The molecule has 2 aromatic rings. The largest absolute Gasteiger partial charge is 0.396 e. The molecule has 0 atom stereocenters. The van der Waals surface area contributed by atoms with E-state index in [-0.39, 0.29) is 12.5 Å². The molecule has 0 aliphatic carbocycles. The van der Waals surface area contributed by atoms with Crippen LogP contribution in [0.3, 0.4) is 0 Å². The Morgan fingerprint density at radius 1 is 1.47 bits per heavy atom. The van der Waals surface area contributed by atoms with Crippen molar-refractivity contribution in [2.45, 2.75) is 20.3 Å². The van der Waals surface area contributed by atoms with Gasteiger partial charge >= 0.3 is 0 Å². The fourth-order valence-corrected chi connectivity index (χ4v) is 2.05. The maximum Gasteiger partial charge on any atom is 0.221 e. The molecule has 0 aliphatic heterocycles. The number of carbonyl (C=O) groups excluding carboxylic acids is 1. The Kier molecular flexibility index (Phi) is 3.15. The third-order valence-corrected chi connectivity index (χ3v) is 2.76. The number of hydrogen-bond acceptors (Lipinski definition) is 2. The summed E-state index contributed by atoms with van der Waals surface area (Å²) in [4.78, 5) is 14.2. The van der Waals surface area contributed by atoms with Crippen molar-refractivity contribution in [1.29, 1.82) is 0 Å². The number of rotatable bonds is 3. The van der Waals surface area contributed by atoms with Crippen molar-refractivity contribution in [2.75, 3.05) is 11.9 Å². The van der Waals surface area contributed by atoms with Gasteiger partial charge in [0.25, 0.3) is 0 Å². The van der Waals surface area contributed by atoms with E-state index in [9.17, 15) is 4.79 Å². The minimum absolute atomic E-state index is 0.0869. The van der Waals surface area contributed by atoms with Crippen molar-refractivity contribution in [1.82, 2.24) is 4.98 Å². The molecule has 0 fully saturated rings. The molecule has 0 saturated heterocycles. The van der Waals surface area contributed by atoms with Gasteiger partial charge in [0.1, 0.15) is 0 Å². The maximum atomic E-state index is 11.1. The summed E-state index contributed by atoms with van der Waals surface area (Å²) < 4.78 is 0. The topological polar surface area (TPSA) is 65.1 Å². The number of anilines is 1. The van der Waals surface area contributed by atoms with Crippen LogP contribution in [0.15, 0.2) is 18.3 Å². The van der Waals surface area contributed by atoms with Crippen LogP contribution in [-0.2, 0) is 11.2 Å². The van der Waals surface area contributed by atoms with E-state index in [4.69, 9.17) is 5.11 Å². The lowest BCUT2D eigenvalue weighted by Gasteiger charge is -2.05. The molecule has 1 heterocycles. The van der Waals surface area contributed by atoms with Crippen LogP contribution in [0.25, 0.3) is 10.9 Å². The molecule has 0 radical (unpaired) electrons. The average Bonchev–Trinajstić information content (AvgIpc) is 2.62. The lowest BCUT2D eigenvalue weighted by molar-refractivity contribution is -0.114. The zero-order chi connectivity index (χ0) is 12.4. The number of fused-ring (bicyclic) bond motifs is 1. The van der Waals surface area contributed by atoms with Crippen LogP contribution < -0.4 is 5.32 Å². The molecule has 90 valence electrons. The molecule has 2 rings (SSSR count). The standard InChI is InChI=1S/C13H16N2O2/c1-8-5-10(3-4-16)6-11-12(15-9(2)17)7-14-13(8)11/h5-7,14,16H,3-4H2,1-2H3,(H,15,17). The van der Waals surface area contributed by atoms with E-state index in [2.05, 4.69) is 10.3 Å². The molecule has 17 heavy (non-hydrogen) atoms. The molecule has 1 aromatic carbocycles. The van der Waals surface area contributed by atoms with Crippen LogP contribution in [0.2, 0.25) is 0 Å². The minimum atomic E-state index is -0.0869. The number of aliphatic hydroxyl groups is 1. The number of aryl methyl sites for hydroxylation is 1. The summed E-state index contributed by atoms with van der Waals surface area (Å²) in [6.45, 7) is 3.63. The van der Waals surface area contributed by atoms with E-state index < -0.39 is 0 Å². The first-order chi connectivity index (χ1) is 8.11. The first-order valence-corrected chi connectivity index (χ1v) is 5.61. The van der Waals surface area contributed by atoms with Crippen molar-refractivity contribution in [3.63, 3.8) is 0 Å². The highest BCUT2D eigenvalue weighted by Crippen LogP contribution is 2.27. The van der Waals surface area contributed by atoms with Gasteiger partial charge in [0, 0.05) is 25.1 Å². The quantitative estimate of drug-likeness (QED) is 0.757. The van der Waals surface area contributed by atoms with E-state index in [0.717, 1.165) is 27.7 Å². The van der Waals surface area contributed by atoms with Crippen LogP contribution in [0.1, 0.15) is 18.1 Å². The van der Waals surface area contributed by atoms with Gasteiger partial charge in [0.2, 0.25) is 5.91 Å². The lowest BCUT2D eigenvalue weighted by Crippen LogP contribution is -2.05. The summed E-state index contributed by atoms with van der Waals surface area (Å²) in [6.07, 6.45) is 2.42. The molecular weight excluding hydrogens is 216 g/mol. The lowest BCUT2D eigenvalue weighted by atomic mass is 10.0. The van der Waals surface area contributed by atoms with Gasteiger partial charge in [0.15, 0.2) is 0 Å². The molecule has 0 bridgehead atoms. The summed E-state index contributed by atoms with van der Waals surface area (Å²) in [5.74, 6) is -0.0869. The van der Waals surface area contributed by atoms with Gasteiger partial charge in [-0.25, -0.2) is 0 Å². The van der Waals surface area contributed by atoms with E-state index >= 15 is 0 Å². The second-order valence-electron chi connectivity index (χ2n) is 4.19. The summed E-state index contributed by atoms with van der Waals surface area (Å²) in [7, 11) is 0. The maximum absolute atomic E-state index is 11.1. The predicted molar refractivity (Wildman–Crippen MR) is 68.1 cm³/mol. The minimum Gasteiger partial charge on any atom is -0.396 e. The fourth-order valence-electron chi connectivity index (χ4n) is 2.05. The highest BCUT2D eigenvalue weighted by Gasteiger charge is 2.08. The number of H-pyrrole nitrogens is 1. The van der Waals surface area contributed by atoms with Gasteiger partial charge in [-0.15, -0.1) is 0 Å². The second-order valence-corrected chi connectivity index (χ2v) is 4.19. The summed E-state index contributed by atoms with van der Waals surface area (Å²) in [5, 5.41) is 12.8. The van der Waals surface area contributed by atoms with Crippen molar-refractivity contribution in [3.05, 3.63) is 29.5 Å². The summed E-state index contributed by atoms with van der Waals surface area (Å²) >= 11 is 0. The first-order valence-electron chi connectivity index (χ1n) is 5.61. The number of aliphatic hydroxyl groups excluding tert-OH is 1. The Morgan fingerprint density at radius 2 is 2.24 bits per heavy atom. The molecule has 0 aliphatic rings. The molecule has 0 spiro atoms. The molecular formula is C13H16N2O2. The normalized spacial score (nSPS) is 10.8. The monoisotopic (exact) mass is 232 g/mol. The van der Waals surface area contributed by atoms with Crippen molar-refractivity contribution >= 4 is 22.5 Å². The highest BCUT2D eigenvalue weighted by atomic mass is 16.2. The van der Waals surface area contributed by atoms with Gasteiger partial charge in [0.05, 0.1) is 11.2 Å². The molecule has 0 unspecified atom stereocenters. The SMILES string of the molecule is CC(=O)Nc1c[nH]c2c(C)cc(CCO)cc12. The zero-order valence-electron chi connectivity index (χ0n) is 10.0. The summed E-state index contributed by atoms with van der Waals surface area (Å²) in [5.41, 5.74) is 4.00. The fraction of sp³-hybridized carbons (Fsp3) is 0.308. The smallest absolute Gasteiger partial charge is 0.221 e. The van der Waals surface area contributed by atoms with Crippen LogP contribution in [0, 0.1) is 6.92 Å². The van der Waals surface area contributed by atoms with E-state index in [0.29, 0.717) is 6.42 Å². The number of hydrogen-bond donors (Lipinski definition) is 3. The Hall–Kier alpha value is -1.81.